The third-order valence-electron chi connectivity index (χ3n) is 3.91. The van der Waals surface area contributed by atoms with Gasteiger partial charge < -0.3 is 5.32 Å². The number of halogens is 1. The Labute approximate surface area is 148 Å². The molecule has 0 atom stereocenters. The van der Waals surface area contributed by atoms with E-state index in [1.165, 1.54) is 12.1 Å². The Morgan fingerprint density at radius 1 is 1.12 bits per heavy atom. The van der Waals surface area contributed by atoms with Gasteiger partial charge in [0.25, 0.3) is 0 Å². The molecule has 6 heteroatoms. The fourth-order valence-electron chi connectivity index (χ4n) is 2.62. The van der Waals surface area contributed by atoms with Crippen LogP contribution in [-0.2, 0) is 6.54 Å². The molecule has 0 unspecified atom stereocenters. The highest BCUT2D eigenvalue weighted by molar-refractivity contribution is 7.17. The first kappa shape index (κ1) is 15.7. The molecule has 0 aliphatic rings. The standard InChI is InChI=1S/C19H15FN4S/c1-12-11-25-19-16(12)18(22-9-13-4-6-15(20)7-5-13)23-17(24-19)14-3-2-8-21-10-14/h2-8,10-11H,9H2,1H3,(H,22,23,24). The molecule has 0 saturated carbocycles. The Hall–Kier alpha value is -2.86. The van der Waals surface area contributed by atoms with Crippen LogP contribution in [-0.4, -0.2) is 15.0 Å². The first-order valence-corrected chi connectivity index (χ1v) is 8.73. The van der Waals surface area contributed by atoms with Crippen molar-refractivity contribution in [1.29, 1.82) is 0 Å². The number of aryl methyl sites for hydroxylation is 1. The molecular formula is C19H15FN4S. The van der Waals surface area contributed by atoms with E-state index in [9.17, 15) is 4.39 Å². The summed E-state index contributed by atoms with van der Waals surface area (Å²) >= 11 is 1.60. The number of rotatable bonds is 4. The van der Waals surface area contributed by atoms with Crippen molar-refractivity contribution in [2.24, 2.45) is 0 Å². The molecule has 4 rings (SSSR count). The Morgan fingerprint density at radius 3 is 2.72 bits per heavy atom. The Bertz CT molecular complexity index is 1010. The largest absolute Gasteiger partial charge is 0.365 e. The van der Waals surface area contributed by atoms with Crippen LogP contribution < -0.4 is 5.32 Å². The maximum absolute atomic E-state index is 13.1. The van der Waals surface area contributed by atoms with Gasteiger partial charge in [-0.25, -0.2) is 14.4 Å². The lowest BCUT2D eigenvalue weighted by molar-refractivity contribution is 0.627. The van der Waals surface area contributed by atoms with E-state index in [0.717, 1.165) is 32.7 Å². The Kier molecular flexibility index (Phi) is 4.11. The molecule has 3 aromatic heterocycles. The number of nitrogens with zero attached hydrogens (tertiary/aromatic N) is 3. The second kappa shape index (κ2) is 6.57. The number of fused-ring (bicyclic) bond motifs is 1. The molecule has 0 saturated heterocycles. The van der Waals surface area contributed by atoms with Gasteiger partial charge >= 0.3 is 0 Å². The lowest BCUT2D eigenvalue weighted by Crippen LogP contribution is -2.04. The second-order valence-electron chi connectivity index (χ2n) is 5.72. The molecule has 0 bridgehead atoms. The van der Waals surface area contributed by atoms with Crippen molar-refractivity contribution in [3.8, 4) is 11.4 Å². The van der Waals surface area contributed by atoms with Gasteiger partial charge in [0, 0.05) is 24.5 Å². The zero-order valence-electron chi connectivity index (χ0n) is 13.5. The van der Waals surface area contributed by atoms with Crippen LogP contribution in [0.15, 0.2) is 54.2 Å². The highest BCUT2D eigenvalue weighted by atomic mass is 32.1. The maximum Gasteiger partial charge on any atom is 0.164 e. The lowest BCUT2D eigenvalue weighted by Gasteiger charge is -2.10. The summed E-state index contributed by atoms with van der Waals surface area (Å²) in [7, 11) is 0. The number of nitrogens with one attached hydrogen (secondary N) is 1. The van der Waals surface area contributed by atoms with Gasteiger partial charge in [-0.1, -0.05) is 12.1 Å². The maximum atomic E-state index is 13.1. The monoisotopic (exact) mass is 350 g/mol. The fourth-order valence-corrected chi connectivity index (χ4v) is 3.55. The van der Waals surface area contributed by atoms with Gasteiger partial charge in [0.1, 0.15) is 16.5 Å². The smallest absolute Gasteiger partial charge is 0.164 e. The molecular weight excluding hydrogens is 335 g/mol. The highest BCUT2D eigenvalue weighted by Crippen LogP contribution is 2.31. The third kappa shape index (κ3) is 3.21. The van der Waals surface area contributed by atoms with Crippen LogP contribution in [0.1, 0.15) is 11.1 Å². The zero-order valence-corrected chi connectivity index (χ0v) is 14.3. The van der Waals surface area contributed by atoms with Gasteiger partial charge in [0.05, 0.1) is 5.39 Å². The van der Waals surface area contributed by atoms with Crippen molar-refractivity contribution in [1.82, 2.24) is 15.0 Å². The molecule has 1 aromatic carbocycles. The first-order chi connectivity index (χ1) is 12.2. The van der Waals surface area contributed by atoms with Crippen molar-refractivity contribution < 1.29 is 4.39 Å². The Morgan fingerprint density at radius 2 is 1.96 bits per heavy atom. The molecule has 1 N–H and O–H groups in total. The number of anilines is 1. The number of hydrogen-bond acceptors (Lipinski definition) is 5. The molecule has 4 nitrogen and oxygen atoms in total. The topological polar surface area (TPSA) is 50.7 Å². The summed E-state index contributed by atoms with van der Waals surface area (Å²) in [6.07, 6.45) is 3.48. The van der Waals surface area contributed by atoms with Crippen LogP contribution in [0, 0.1) is 12.7 Å². The number of hydrogen-bond donors (Lipinski definition) is 1. The van der Waals surface area contributed by atoms with E-state index < -0.39 is 0 Å². The van der Waals surface area contributed by atoms with E-state index in [1.807, 2.05) is 12.1 Å². The van der Waals surface area contributed by atoms with Gasteiger partial charge in [-0.15, -0.1) is 11.3 Å². The third-order valence-corrected chi connectivity index (χ3v) is 4.90. The van der Waals surface area contributed by atoms with E-state index in [0.29, 0.717) is 12.4 Å². The molecule has 124 valence electrons. The number of aromatic nitrogens is 3. The van der Waals surface area contributed by atoms with E-state index in [-0.39, 0.29) is 5.82 Å². The molecule has 3 heterocycles. The molecule has 0 radical (unpaired) electrons. The molecule has 0 aliphatic carbocycles. The molecule has 0 fully saturated rings. The van der Waals surface area contributed by atoms with E-state index in [2.05, 4.69) is 27.6 Å². The molecule has 0 amide bonds. The summed E-state index contributed by atoms with van der Waals surface area (Å²) in [6, 6.07) is 10.3. The summed E-state index contributed by atoms with van der Waals surface area (Å²) in [6.45, 7) is 2.61. The van der Waals surface area contributed by atoms with E-state index >= 15 is 0 Å². The SMILES string of the molecule is Cc1csc2nc(-c3cccnc3)nc(NCc3ccc(F)cc3)c12. The predicted molar refractivity (Wildman–Crippen MR) is 99.1 cm³/mol. The summed E-state index contributed by atoms with van der Waals surface area (Å²) in [5.74, 6) is 1.19. The van der Waals surface area contributed by atoms with Crippen LogP contribution in [0.25, 0.3) is 21.6 Å². The zero-order chi connectivity index (χ0) is 17.2. The van der Waals surface area contributed by atoms with Crippen LogP contribution in [0.2, 0.25) is 0 Å². The van der Waals surface area contributed by atoms with Crippen LogP contribution in [0.5, 0.6) is 0 Å². The van der Waals surface area contributed by atoms with Gasteiger partial charge in [0.2, 0.25) is 0 Å². The Balaban J connectivity index is 1.73. The molecule has 4 aromatic rings. The first-order valence-electron chi connectivity index (χ1n) is 7.85. The minimum absolute atomic E-state index is 0.235. The molecule has 0 spiro atoms. The summed E-state index contributed by atoms with van der Waals surface area (Å²) < 4.78 is 13.1. The quantitative estimate of drug-likeness (QED) is 0.574. The van der Waals surface area contributed by atoms with Crippen molar-refractivity contribution in [3.05, 3.63) is 71.1 Å². The van der Waals surface area contributed by atoms with Crippen molar-refractivity contribution >= 4 is 27.4 Å². The fraction of sp³-hybridized carbons (Fsp3) is 0.105. The summed E-state index contributed by atoms with van der Waals surface area (Å²) in [4.78, 5) is 14.5. The number of pyridine rings is 1. The molecule has 0 aliphatic heterocycles. The normalized spacial score (nSPS) is 11.0. The van der Waals surface area contributed by atoms with Gasteiger partial charge in [-0.2, -0.15) is 0 Å². The van der Waals surface area contributed by atoms with E-state index in [1.54, 1.807) is 35.9 Å². The number of thiophene rings is 1. The van der Waals surface area contributed by atoms with Crippen molar-refractivity contribution in [2.45, 2.75) is 13.5 Å². The van der Waals surface area contributed by atoms with Gasteiger partial charge in [-0.05, 0) is 47.7 Å². The van der Waals surface area contributed by atoms with Gasteiger partial charge in [-0.3, -0.25) is 4.98 Å². The highest BCUT2D eigenvalue weighted by Gasteiger charge is 2.13. The van der Waals surface area contributed by atoms with Crippen LogP contribution >= 0.6 is 11.3 Å². The van der Waals surface area contributed by atoms with Crippen molar-refractivity contribution in [3.63, 3.8) is 0 Å². The minimum Gasteiger partial charge on any atom is -0.365 e. The average Bonchev–Trinajstić information content (AvgIpc) is 3.03. The van der Waals surface area contributed by atoms with Crippen molar-refractivity contribution in [2.75, 3.05) is 5.32 Å². The lowest BCUT2D eigenvalue weighted by atomic mass is 10.2. The average molecular weight is 350 g/mol. The van der Waals surface area contributed by atoms with E-state index in [4.69, 9.17) is 4.98 Å². The summed E-state index contributed by atoms with van der Waals surface area (Å²) in [5, 5.41) is 6.48. The predicted octanol–water partition coefficient (Wildman–Crippen LogP) is 4.81. The van der Waals surface area contributed by atoms with Crippen LogP contribution in [0.4, 0.5) is 10.2 Å². The second-order valence-corrected chi connectivity index (χ2v) is 6.57. The minimum atomic E-state index is -0.235. The summed E-state index contributed by atoms with van der Waals surface area (Å²) in [5.41, 5.74) is 3.00. The van der Waals surface area contributed by atoms with Gasteiger partial charge in [0.15, 0.2) is 5.82 Å². The number of benzene rings is 1. The van der Waals surface area contributed by atoms with Crippen LogP contribution in [0.3, 0.4) is 0 Å². The molecule has 25 heavy (non-hydrogen) atoms.